The van der Waals surface area contributed by atoms with E-state index in [-0.39, 0.29) is 17.7 Å². The number of carbonyl (C=O) groups is 1. The summed E-state index contributed by atoms with van der Waals surface area (Å²) in [6, 6.07) is 5.68. The second-order valence-electron chi connectivity index (χ2n) is 3.86. The lowest BCUT2D eigenvalue weighted by Crippen LogP contribution is -2.17. The van der Waals surface area contributed by atoms with Crippen LogP contribution >= 0.6 is 0 Å². The molecular formula is C12H13FO2. The van der Waals surface area contributed by atoms with E-state index in [1.807, 2.05) is 0 Å². The Morgan fingerprint density at radius 1 is 1.33 bits per heavy atom. The van der Waals surface area contributed by atoms with Crippen molar-refractivity contribution in [2.24, 2.45) is 5.92 Å². The fraction of sp³-hybridized carbons (Fsp3) is 0.417. The summed E-state index contributed by atoms with van der Waals surface area (Å²) >= 11 is 0. The molecule has 1 aromatic carbocycles. The highest BCUT2D eigenvalue weighted by molar-refractivity contribution is 5.75. The standard InChI is InChI=1S/C12H13FO2/c13-10-6-3-7-11(8-10)15-12(14)9-4-1-2-5-9/h3,6-9H,1-2,4-5H2. The molecule has 0 heterocycles. The summed E-state index contributed by atoms with van der Waals surface area (Å²) in [6.45, 7) is 0. The van der Waals surface area contributed by atoms with E-state index < -0.39 is 0 Å². The molecule has 1 saturated carbocycles. The van der Waals surface area contributed by atoms with Crippen molar-refractivity contribution in [1.82, 2.24) is 0 Å². The number of esters is 1. The maximum atomic E-state index is 12.8. The van der Waals surface area contributed by atoms with E-state index in [4.69, 9.17) is 4.74 Å². The molecule has 0 spiro atoms. The van der Waals surface area contributed by atoms with E-state index >= 15 is 0 Å². The summed E-state index contributed by atoms with van der Waals surface area (Å²) in [5, 5.41) is 0. The molecule has 2 nitrogen and oxygen atoms in total. The predicted octanol–water partition coefficient (Wildman–Crippen LogP) is 2.92. The summed E-state index contributed by atoms with van der Waals surface area (Å²) in [5.41, 5.74) is 0. The molecule has 0 atom stereocenters. The molecule has 0 saturated heterocycles. The highest BCUT2D eigenvalue weighted by Crippen LogP contribution is 2.26. The van der Waals surface area contributed by atoms with Gasteiger partial charge in [-0.3, -0.25) is 4.79 Å². The molecule has 2 rings (SSSR count). The van der Waals surface area contributed by atoms with Gasteiger partial charge in [-0.1, -0.05) is 18.9 Å². The predicted molar refractivity (Wildman–Crippen MR) is 54.0 cm³/mol. The van der Waals surface area contributed by atoms with Crippen LogP contribution in [0, 0.1) is 11.7 Å². The van der Waals surface area contributed by atoms with Gasteiger partial charge < -0.3 is 4.74 Å². The van der Waals surface area contributed by atoms with Crippen LogP contribution in [0.2, 0.25) is 0 Å². The topological polar surface area (TPSA) is 26.3 Å². The van der Waals surface area contributed by atoms with Crippen LogP contribution in [0.3, 0.4) is 0 Å². The summed E-state index contributed by atoms with van der Waals surface area (Å²) in [4.78, 5) is 11.6. The molecule has 1 aromatic rings. The van der Waals surface area contributed by atoms with Crippen LogP contribution in [0.15, 0.2) is 24.3 Å². The highest BCUT2D eigenvalue weighted by atomic mass is 19.1. The molecule has 0 bridgehead atoms. The lowest BCUT2D eigenvalue weighted by atomic mass is 10.1. The van der Waals surface area contributed by atoms with Gasteiger partial charge in [-0.2, -0.15) is 0 Å². The average molecular weight is 208 g/mol. The summed E-state index contributed by atoms with van der Waals surface area (Å²) in [5.74, 6) is -0.301. The Labute approximate surface area is 88.1 Å². The van der Waals surface area contributed by atoms with Crippen LogP contribution in [0.4, 0.5) is 4.39 Å². The first kappa shape index (κ1) is 10.1. The molecule has 0 radical (unpaired) electrons. The lowest BCUT2D eigenvalue weighted by Gasteiger charge is -2.08. The summed E-state index contributed by atoms with van der Waals surface area (Å²) in [6.07, 6.45) is 3.97. The largest absolute Gasteiger partial charge is 0.426 e. The Morgan fingerprint density at radius 3 is 2.73 bits per heavy atom. The summed E-state index contributed by atoms with van der Waals surface area (Å²) < 4.78 is 17.9. The molecule has 0 unspecified atom stereocenters. The van der Waals surface area contributed by atoms with E-state index in [0.29, 0.717) is 5.75 Å². The molecule has 1 aliphatic rings. The SMILES string of the molecule is O=C(Oc1cccc(F)c1)C1CCCC1. The smallest absolute Gasteiger partial charge is 0.314 e. The van der Waals surface area contributed by atoms with Gasteiger partial charge in [-0.25, -0.2) is 4.39 Å². The van der Waals surface area contributed by atoms with Crippen molar-refractivity contribution in [3.8, 4) is 5.75 Å². The van der Waals surface area contributed by atoms with Gasteiger partial charge in [0.1, 0.15) is 11.6 Å². The van der Waals surface area contributed by atoms with Gasteiger partial charge in [0, 0.05) is 6.07 Å². The number of carbonyl (C=O) groups excluding carboxylic acids is 1. The maximum Gasteiger partial charge on any atom is 0.314 e. The van der Waals surface area contributed by atoms with Crippen LogP contribution in [0.25, 0.3) is 0 Å². The van der Waals surface area contributed by atoms with Crippen molar-refractivity contribution in [3.05, 3.63) is 30.1 Å². The van der Waals surface area contributed by atoms with Gasteiger partial charge in [0.15, 0.2) is 0 Å². The Hall–Kier alpha value is -1.38. The minimum absolute atomic E-state index is 0.00765. The number of hydrogen-bond acceptors (Lipinski definition) is 2. The minimum atomic E-state index is -0.383. The van der Waals surface area contributed by atoms with Crippen LogP contribution in [0.5, 0.6) is 5.75 Å². The maximum absolute atomic E-state index is 12.8. The Morgan fingerprint density at radius 2 is 2.07 bits per heavy atom. The average Bonchev–Trinajstić information content (AvgIpc) is 2.70. The van der Waals surface area contributed by atoms with Gasteiger partial charge >= 0.3 is 5.97 Å². The van der Waals surface area contributed by atoms with Gasteiger partial charge in [0.05, 0.1) is 5.92 Å². The van der Waals surface area contributed by atoms with Gasteiger partial charge in [-0.05, 0) is 25.0 Å². The molecule has 1 fully saturated rings. The van der Waals surface area contributed by atoms with Crippen molar-refractivity contribution in [3.63, 3.8) is 0 Å². The fourth-order valence-corrected chi connectivity index (χ4v) is 1.89. The Balaban J connectivity index is 1.99. The molecule has 3 heteroatoms. The Kier molecular flexibility index (Phi) is 2.99. The molecule has 15 heavy (non-hydrogen) atoms. The molecule has 1 aliphatic carbocycles. The van der Waals surface area contributed by atoms with Crippen LogP contribution in [-0.2, 0) is 4.79 Å². The third kappa shape index (κ3) is 2.55. The second-order valence-corrected chi connectivity index (χ2v) is 3.86. The molecular weight excluding hydrogens is 195 g/mol. The van der Waals surface area contributed by atoms with E-state index in [2.05, 4.69) is 0 Å². The zero-order chi connectivity index (χ0) is 10.7. The molecule has 0 aromatic heterocycles. The van der Waals surface area contributed by atoms with Gasteiger partial charge in [0.25, 0.3) is 0 Å². The highest BCUT2D eigenvalue weighted by Gasteiger charge is 2.24. The third-order valence-electron chi connectivity index (χ3n) is 2.70. The zero-order valence-electron chi connectivity index (χ0n) is 8.41. The minimum Gasteiger partial charge on any atom is -0.426 e. The van der Waals surface area contributed by atoms with Crippen LogP contribution < -0.4 is 4.74 Å². The fourth-order valence-electron chi connectivity index (χ4n) is 1.89. The van der Waals surface area contributed by atoms with Crippen molar-refractivity contribution in [2.75, 3.05) is 0 Å². The second kappa shape index (κ2) is 4.43. The third-order valence-corrected chi connectivity index (χ3v) is 2.70. The van der Waals surface area contributed by atoms with Crippen LogP contribution in [0.1, 0.15) is 25.7 Å². The number of benzene rings is 1. The number of rotatable bonds is 2. The molecule has 0 N–H and O–H groups in total. The number of hydrogen-bond donors (Lipinski definition) is 0. The van der Waals surface area contributed by atoms with Gasteiger partial charge in [0.2, 0.25) is 0 Å². The van der Waals surface area contributed by atoms with Crippen molar-refractivity contribution < 1.29 is 13.9 Å². The molecule has 0 aliphatic heterocycles. The normalized spacial score (nSPS) is 16.6. The zero-order valence-corrected chi connectivity index (χ0v) is 8.41. The molecule has 0 amide bonds. The summed E-state index contributed by atoms with van der Waals surface area (Å²) in [7, 11) is 0. The van der Waals surface area contributed by atoms with E-state index in [1.54, 1.807) is 6.07 Å². The van der Waals surface area contributed by atoms with Crippen molar-refractivity contribution >= 4 is 5.97 Å². The quantitative estimate of drug-likeness (QED) is 0.551. The molecule has 80 valence electrons. The van der Waals surface area contributed by atoms with E-state index in [0.717, 1.165) is 25.7 Å². The monoisotopic (exact) mass is 208 g/mol. The first-order valence-corrected chi connectivity index (χ1v) is 5.23. The van der Waals surface area contributed by atoms with Crippen molar-refractivity contribution in [2.45, 2.75) is 25.7 Å². The van der Waals surface area contributed by atoms with E-state index in [9.17, 15) is 9.18 Å². The van der Waals surface area contributed by atoms with Crippen molar-refractivity contribution in [1.29, 1.82) is 0 Å². The lowest BCUT2D eigenvalue weighted by molar-refractivity contribution is -0.138. The van der Waals surface area contributed by atoms with E-state index in [1.165, 1.54) is 18.2 Å². The number of halogens is 1. The van der Waals surface area contributed by atoms with Crippen LogP contribution in [-0.4, -0.2) is 5.97 Å². The first-order valence-electron chi connectivity index (χ1n) is 5.23. The van der Waals surface area contributed by atoms with Gasteiger partial charge in [-0.15, -0.1) is 0 Å². The Bertz CT molecular complexity index is 356. The first-order chi connectivity index (χ1) is 7.25. The number of ether oxygens (including phenoxy) is 1.